The van der Waals surface area contributed by atoms with Crippen molar-refractivity contribution in [3.63, 3.8) is 0 Å². The molecule has 0 aromatic heterocycles. The Labute approximate surface area is 97.6 Å². The second kappa shape index (κ2) is 4.71. The van der Waals surface area contributed by atoms with Crippen molar-refractivity contribution >= 4 is 0 Å². The van der Waals surface area contributed by atoms with Crippen LogP contribution in [-0.4, -0.2) is 0 Å². The average Bonchev–Trinajstić information content (AvgIpc) is 2.39. The van der Waals surface area contributed by atoms with E-state index in [0.717, 1.165) is 38.5 Å². The smallest absolute Gasteiger partial charge is 0.0696 e. The molecule has 16 heavy (non-hydrogen) atoms. The Kier molecular flexibility index (Phi) is 3.30. The van der Waals surface area contributed by atoms with Crippen molar-refractivity contribution in [2.24, 2.45) is 17.3 Å². The van der Waals surface area contributed by atoms with Gasteiger partial charge in [0.15, 0.2) is 0 Å². The van der Waals surface area contributed by atoms with E-state index in [1.54, 1.807) is 0 Å². The zero-order chi connectivity index (χ0) is 11.4. The van der Waals surface area contributed by atoms with Gasteiger partial charge in [0.2, 0.25) is 0 Å². The number of rotatable bonds is 1. The molecule has 1 fully saturated rings. The van der Waals surface area contributed by atoms with E-state index in [4.69, 9.17) is 0 Å². The topological polar surface area (TPSA) is 47.6 Å². The van der Waals surface area contributed by atoms with Crippen LogP contribution in [0.5, 0.6) is 0 Å². The minimum atomic E-state index is -0.241. The van der Waals surface area contributed by atoms with Crippen LogP contribution in [0.15, 0.2) is 12.2 Å². The molecule has 0 bridgehead atoms. The van der Waals surface area contributed by atoms with Gasteiger partial charge in [0, 0.05) is 0 Å². The largest absolute Gasteiger partial charge is 0.198 e. The van der Waals surface area contributed by atoms with E-state index in [-0.39, 0.29) is 11.3 Å². The molecule has 84 valence electrons. The van der Waals surface area contributed by atoms with Gasteiger partial charge in [0.1, 0.15) is 0 Å². The number of allylic oxidation sites excluding steroid dienone is 2. The van der Waals surface area contributed by atoms with Crippen molar-refractivity contribution in [1.29, 1.82) is 10.5 Å². The molecular formula is C14H18N2. The van der Waals surface area contributed by atoms with Gasteiger partial charge >= 0.3 is 0 Å². The van der Waals surface area contributed by atoms with E-state index in [2.05, 4.69) is 24.3 Å². The van der Waals surface area contributed by atoms with Crippen LogP contribution in [0.4, 0.5) is 0 Å². The van der Waals surface area contributed by atoms with Gasteiger partial charge in [0.05, 0.1) is 23.5 Å². The summed E-state index contributed by atoms with van der Waals surface area (Å²) >= 11 is 0. The number of hydrogen-bond donors (Lipinski definition) is 0. The average molecular weight is 214 g/mol. The van der Waals surface area contributed by atoms with E-state index in [1.165, 1.54) is 6.42 Å². The summed E-state index contributed by atoms with van der Waals surface area (Å²) in [5.41, 5.74) is -0.241. The van der Waals surface area contributed by atoms with Crippen LogP contribution in [-0.2, 0) is 0 Å². The molecule has 2 heteroatoms. The highest BCUT2D eigenvalue weighted by Crippen LogP contribution is 2.48. The molecule has 3 unspecified atom stereocenters. The van der Waals surface area contributed by atoms with Gasteiger partial charge in [0.25, 0.3) is 0 Å². The van der Waals surface area contributed by atoms with Crippen LogP contribution in [0.3, 0.4) is 0 Å². The van der Waals surface area contributed by atoms with Gasteiger partial charge in [-0.15, -0.1) is 0 Å². The van der Waals surface area contributed by atoms with E-state index in [9.17, 15) is 10.5 Å². The molecule has 2 rings (SSSR count). The molecule has 0 spiro atoms. The lowest BCUT2D eigenvalue weighted by molar-refractivity contribution is 0.127. The third kappa shape index (κ3) is 1.85. The summed E-state index contributed by atoms with van der Waals surface area (Å²) in [4.78, 5) is 0. The number of nitrogens with zero attached hydrogens (tertiary/aromatic N) is 2. The van der Waals surface area contributed by atoms with Crippen molar-refractivity contribution in [2.45, 2.75) is 44.9 Å². The zero-order valence-corrected chi connectivity index (χ0v) is 9.65. The number of nitriles is 2. The molecule has 1 saturated carbocycles. The van der Waals surface area contributed by atoms with Crippen LogP contribution in [0.2, 0.25) is 0 Å². The van der Waals surface area contributed by atoms with Crippen LogP contribution < -0.4 is 0 Å². The maximum Gasteiger partial charge on any atom is 0.0696 e. The van der Waals surface area contributed by atoms with Crippen LogP contribution in [0, 0.1) is 39.9 Å². The van der Waals surface area contributed by atoms with Gasteiger partial charge in [-0.2, -0.15) is 10.5 Å². The SMILES string of the molecule is N#CC1CCCCC1C1(C#N)CC=CCC1. The summed E-state index contributed by atoms with van der Waals surface area (Å²) in [7, 11) is 0. The van der Waals surface area contributed by atoms with Crippen molar-refractivity contribution in [3.05, 3.63) is 12.2 Å². The Hall–Kier alpha value is -1.28. The number of hydrogen-bond acceptors (Lipinski definition) is 2. The van der Waals surface area contributed by atoms with Gasteiger partial charge in [-0.25, -0.2) is 0 Å². The highest BCUT2D eigenvalue weighted by Gasteiger charge is 2.43. The molecule has 2 aliphatic carbocycles. The van der Waals surface area contributed by atoms with E-state index >= 15 is 0 Å². The molecule has 0 N–H and O–H groups in total. The Bertz CT molecular complexity index is 358. The summed E-state index contributed by atoms with van der Waals surface area (Å²) in [6.45, 7) is 0. The lowest BCUT2D eigenvalue weighted by Crippen LogP contribution is -2.36. The maximum atomic E-state index is 9.51. The standard InChI is InChI=1S/C14H18N2/c15-10-12-6-2-3-7-13(12)14(11-16)8-4-1-5-9-14/h1,4,12-13H,2-3,5-9H2. The summed E-state index contributed by atoms with van der Waals surface area (Å²) in [6.07, 6.45) is 11.5. The predicted molar refractivity (Wildman–Crippen MR) is 62.1 cm³/mol. The molecule has 0 radical (unpaired) electrons. The van der Waals surface area contributed by atoms with Crippen molar-refractivity contribution in [1.82, 2.24) is 0 Å². The molecule has 0 aromatic rings. The van der Waals surface area contributed by atoms with Gasteiger partial charge in [-0.1, -0.05) is 25.0 Å². The normalized spacial score (nSPS) is 38.6. The molecule has 0 aliphatic heterocycles. The first-order chi connectivity index (χ1) is 7.82. The summed E-state index contributed by atoms with van der Waals surface area (Å²) < 4.78 is 0. The monoisotopic (exact) mass is 214 g/mol. The fraction of sp³-hybridized carbons (Fsp3) is 0.714. The second-order valence-electron chi connectivity index (χ2n) is 5.11. The quantitative estimate of drug-likeness (QED) is 0.626. The molecule has 2 nitrogen and oxygen atoms in total. The Morgan fingerprint density at radius 1 is 1.12 bits per heavy atom. The minimum Gasteiger partial charge on any atom is -0.198 e. The van der Waals surface area contributed by atoms with Crippen molar-refractivity contribution in [2.75, 3.05) is 0 Å². The van der Waals surface area contributed by atoms with Crippen molar-refractivity contribution in [3.8, 4) is 12.1 Å². The van der Waals surface area contributed by atoms with Gasteiger partial charge in [-0.3, -0.25) is 0 Å². The van der Waals surface area contributed by atoms with E-state index < -0.39 is 0 Å². The van der Waals surface area contributed by atoms with E-state index in [0.29, 0.717) is 5.92 Å². The molecule has 0 heterocycles. The maximum absolute atomic E-state index is 9.51. The fourth-order valence-electron chi connectivity index (χ4n) is 3.32. The first-order valence-corrected chi connectivity index (χ1v) is 6.28. The first-order valence-electron chi connectivity index (χ1n) is 6.28. The first kappa shape index (κ1) is 11.2. The molecule has 0 aromatic carbocycles. The predicted octanol–water partition coefficient (Wildman–Crippen LogP) is 3.57. The molecule has 0 amide bonds. The van der Waals surface area contributed by atoms with Crippen LogP contribution in [0.1, 0.15) is 44.9 Å². The fourth-order valence-corrected chi connectivity index (χ4v) is 3.32. The molecule has 3 atom stereocenters. The lowest BCUT2D eigenvalue weighted by Gasteiger charge is -2.40. The highest BCUT2D eigenvalue weighted by molar-refractivity contribution is 5.14. The van der Waals surface area contributed by atoms with Crippen molar-refractivity contribution < 1.29 is 0 Å². The second-order valence-corrected chi connectivity index (χ2v) is 5.11. The Morgan fingerprint density at radius 3 is 2.56 bits per heavy atom. The van der Waals surface area contributed by atoms with Crippen LogP contribution in [0.25, 0.3) is 0 Å². The van der Waals surface area contributed by atoms with Gasteiger partial charge < -0.3 is 0 Å². The third-order valence-electron chi connectivity index (χ3n) is 4.27. The Morgan fingerprint density at radius 2 is 1.94 bits per heavy atom. The van der Waals surface area contributed by atoms with Crippen LogP contribution >= 0.6 is 0 Å². The zero-order valence-electron chi connectivity index (χ0n) is 9.65. The summed E-state index contributed by atoms with van der Waals surface area (Å²) in [5, 5.41) is 18.7. The summed E-state index contributed by atoms with van der Waals surface area (Å²) in [5.74, 6) is 0.418. The van der Waals surface area contributed by atoms with Gasteiger partial charge in [-0.05, 0) is 38.0 Å². The Balaban J connectivity index is 2.23. The lowest BCUT2D eigenvalue weighted by atomic mass is 9.60. The molecule has 0 saturated heterocycles. The molecule has 2 aliphatic rings. The summed E-state index contributed by atoms with van der Waals surface area (Å²) in [6, 6.07) is 4.98. The van der Waals surface area contributed by atoms with E-state index in [1.807, 2.05) is 0 Å². The molecular weight excluding hydrogens is 196 g/mol. The third-order valence-corrected chi connectivity index (χ3v) is 4.27. The minimum absolute atomic E-state index is 0.111. The highest BCUT2D eigenvalue weighted by atomic mass is 14.5.